The van der Waals surface area contributed by atoms with Crippen molar-refractivity contribution < 1.29 is 4.42 Å². The summed E-state index contributed by atoms with van der Waals surface area (Å²) < 4.78 is 11.4. The molecule has 0 aliphatic heterocycles. The van der Waals surface area contributed by atoms with Crippen molar-refractivity contribution in [2.75, 3.05) is 0 Å². The van der Waals surface area contributed by atoms with Crippen LogP contribution >= 0.6 is 11.3 Å². The maximum atomic E-state index is 6.40. The second kappa shape index (κ2) is 7.83. The summed E-state index contributed by atoms with van der Waals surface area (Å²) in [7, 11) is 0. The largest absolute Gasteiger partial charge is 0.456 e. The second-order valence-electron chi connectivity index (χ2n) is 10.1. The van der Waals surface area contributed by atoms with Gasteiger partial charge in [0, 0.05) is 47.4 Å². The zero-order valence-corrected chi connectivity index (χ0v) is 21.7. The number of hydrogen-bond donors (Lipinski definition) is 0. The number of thiophene rings is 1. The summed E-state index contributed by atoms with van der Waals surface area (Å²) in [4.78, 5) is 0. The highest BCUT2D eigenvalue weighted by atomic mass is 32.1. The fourth-order valence-corrected chi connectivity index (χ4v) is 7.56. The van der Waals surface area contributed by atoms with Crippen LogP contribution in [0.1, 0.15) is 0 Å². The number of aromatic nitrogens is 1. The van der Waals surface area contributed by atoms with Gasteiger partial charge in [0.05, 0.1) is 11.0 Å². The molecule has 0 aliphatic carbocycles. The summed E-state index contributed by atoms with van der Waals surface area (Å²) in [6.07, 6.45) is 0. The van der Waals surface area contributed by atoms with Gasteiger partial charge in [0.2, 0.25) is 0 Å². The third kappa shape index (κ3) is 2.91. The van der Waals surface area contributed by atoms with Crippen molar-refractivity contribution in [3.05, 3.63) is 127 Å². The molecule has 0 unspecified atom stereocenters. The zero-order valence-electron chi connectivity index (χ0n) is 20.9. The van der Waals surface area contributed by atoms with E-state index in [2.05, 4.69) is 132 Å². The van der Waals surface area contributed by atoms with Crippen LogP contribution in [-0.2, 0) is 0 Å². The Kier molecular flexibility index (Phi) is 4.24. The maximum absolute atomic E-state index is 6.40. The molecule has 0 saturated carbocycles. The standard InChI is InChI=1S/C36H21NOS/c1-4-12-29-25(8-1)26-9-2-5-13-30(26)37(29)23-18-16-22(17-19-23)24-11-7-14-31-34(24)35-32(38-31)21-20-28-27-10-3-6-15-33(27)39-36(28)35/h1-21H. The van der Waals surface area contributed by atoms with Crippen LogP contribution in [0.4, 0.5) is 0 Å². The molecule has 0 amide bonds. The average molecular weight is 516 g/mol. The molecule has 0 spiro atoms. The van der Waals surface area contributed by atoms with E-state index < -0.39 is 0 Å². The van der Waals surface area contributed by atoms with Crippen molar-refractivity contribution in [3.63, 3.8) is 0 Å². The first-order chi connectivity index (χ1) is 19.3. The number of para-hydroxylation sites is 2. The van der Waals surface area contributed by atoms with E-state index in [-0.39, 0.29) is 0 Å². The predicted octanol–water partition coefficient (Wildman–Crippen LogP) is 10.7. The lowest BCUT2D eigenvalue weighted by atomic mass is 9.98. The minimum atomic E-state index is 0.930. The van der Waals surface area contributed by atoms with Crippen LogP contribution < -0.4 is 0 Å². The third-order valence-corrected chi connectivity index (χ3v) is 9.23. The van der Waals surface area contributed by atoms with Gasteiger partial charge in [-0.3, -0.25) is 0 Å². The predicted molar refractivity (Wildman–Crippen MR) is 166 cm³/mol. The summed E-state index contributed by atoms with van der Waals surface area (Å²) in [6.45, 7) is 0. The number of furan rings is 1. The Hall–Kier alpha value is -4.86. The monoisotopic (exact) mass is 515 g/mol. The first-order valence-corrected chi connectivity index (χ1v) is 14.0. The van der Waals surface area contributed by atoms with Crippen LogP contribution in [0.15, 0.2) is 132 Å². The van der Waals surface area contributed by atoms with Gasteiger partial charge in [0.15, 0.2) is 0 Å². The molecule has 3 heteroatoms. The van der Waals surface area contributed by atoms with Crippen molar-refractivity contribution in [3.8, 4) is 16.8 Å². The highest BCUT2D eigenvalue weighted by molar-refractivity contribution is 7.26. The molecule has 9 aromatic rings. The van der Waals surface area contributed by atoms with Gasteiger partial charge >= 0.3 is 0 Å². The molecule has 0 radical (unpaired) electrons. The zero-order chi connectivity index (χ0) is 25.5. The fourth-order valence-electron chi connectivity index (χ4n) is 6.32. The summed E-state index contributed by atoms with van der Waals surface area (Å²) in [5.41, 5.74) is 7.86. The molecule has 0 saturated heterocycles. The number of benzene rings is 6. The molecule has 39 heavy (non-hydrogen) atoms. The average Bonchev–Trinajstić information content (AvgIpc) is 3.66. The Balaban J connectivity index is 1.28. The molecule has 0 N–H and O–H groups in total. The number of hydrogen-bond acceptors (Lipinski definition) is 2. The minimum Gasteiger partial charge on any atom is -0.456 e. The molecular weight excluding hydrogens is 494 g/mol. The number of nitrogens with zero attached hydrogens (tertiary/aromatic N) is 1. The molecule has 9 rings (SSSR count). The van der Waals surface area contributed by atoms with Crippen molar-refractivity contribution >= 4 is 75.3 Å². The molecule has 3 aromatic heterocycles. The molecule has 0 fully saturated rings. The SMILES string of the molecule is c1cc(-c2ccc(-n3c4ccccc4c4ccccc43)cc2)c2c(c1)oc1ccc3c4ccccc4sc3c12. The van der Waals surface area contributed by atoms with E-state index >= 15 is 0 Å². The molecule has 0 aliphatic rings. The highest BCUT2D eigenvalue weighted by Gasteiger charge is 2.18. The van der Waals surface area contributed by atoms with Crippen molar-refractivity contribution in [1.82, 2.24) is 4.57 Å². The topological polar surface area (TPSA) is 18.1 Å². The molecule has 182 valence electrons. The lowest BCUT2D eigenvalue weighted by molar-refractivity contribution is 0.669. The van der Waals surface area contributed by atoms with Crippen LogP contribution in [-0.4, -0.2) is 4.57 Å². The summed E-state index contributed by atoms with van der Waals surface area (Å²) >= 11 is 1.85. The van der Waals surface area contributed by atoms with Crippen LogP contribution in [0.2, 0.25) is 0 Å². The molecule has 0 bridgehead atoms. The molecule has 3 heterocycles. The van der Waals surface area contributed by atoms with Crippen molar-refractivity contribution in [2.45, 2.75) is 0 Å². The van der Waals surface area contributed by atoms with Gasteiger partial charge in [-0.05, 0) is 59.7 Å². The van der Waals surface area contributed by atoms with Crippen molar-refractivity contribution in [2.24, 2.45) is 0 Å². The quantitative estimate of drug-likeness (QED) is 0.224. The highest BCUT2D eigenvalue weighted by Crippen LogP contribution is 2.45. The summed E-state index contributed by atoms with van der Waals surface area (Å²) in [5.74, 6) is 0. The van der Waals surface area contributed by atoms with E-state index in [1.807, 2.05) is 11.3 Å². The van der Waals surface area contributed by atoms with Gasteiger partial charge in [-0.2, -0.15) is 0 Å². The van der Waals surface area contributed by atoms with Gasteiger partial charge in [-0.1, -0.05) is 78.9 Å². The fraction of sp³-hybridized carbons (Fsp3) is 0. The van der Waals surface area contributed by atoms with Crippen LogP contribution in [0.3, 0.4) is 0 Å². The van der Waals surface area contributed by atoms with Crippen LogP contribution in [0.5, 0.6) is 0 Å². The van der Waals surface area contributed by atoms with Crippen LogP contribution in [0, 0.1) is 0 Å². The minimum absolute atomic E-state index is 0.930. The van der Waals surface area contributed by atoms with Gasteiger partial charge in [0.25, 0.3) is 0 Å². The Morgan fingerprint density at radius 1 is 0.487 bits per heavy atom. The van der Waals surface area contributed by atoms with E-state index in [0.29, 0.717) is 0 Å². The Labute approximate surface area is 227 Å². The Bertz CT molecular complexity index is 2330. The normalized spacial score (nSPS) is 12.1. The number of fused-ring (bicyclic) bond motifs is 10. The first-order valence-electron chi connectivity index (χ1n) is 13.2. The van der Waals surface area contributed by atoms with E-state index in [4.69, 9.17) is 4.42 Å². The summed E-state index contributed by atoms with van der Waals surface area (Å²) in [5, 5.41) is 7.56. The Morgan fingerprint density at radius 2 is 1.15 bits per heavy atom. The van der Waals surface area contributed by atoms with E-state index in [0.717, 1.165) is 16.9 Å². The van der Waals surface area contributed by atoms with Gasteiger partial charge in [-0.15, -0.1) is 11.3 Å². The first kappa shape index (κ1) is 21.1. The molecular formula is C36H21NOS. The lowest BCUT2D eigenvalue weighted by Gasteiger charge is -2.10. The van der Waals surface area contributed by atoms with Crippen LogP contribution in [0.25, 0.3) is 80.7 Å². The molecule has 0 atom stereocenters. The smallest absolute Gasteiger partial charge is 0.136 e. The lowest BCUT2D eigenvalue weighted by Crippen LogP contribution is -1.93. The maximum Gasteiger partial charge on any atom is 0.136 e. The second-order valence-corrected chi connectivity index (χ2v) is 11.2. The van der Waals surface area contributed by atoms with Gasteiger partial charge < -0.3 is 8.98 Å². The summed E-state index contributed by atoms with van der Waals surface area (Å²) in [6, 6.07) is 45.7. The third-order valence-electron chi connectivity index (χ3n) is 8.02. The van der Waals surface area contributed by atoms with Crippen molar-refractivity contribution in [1.29, 1.82) is 0 Å². The van der Waals surface area contributed by atoms with E-state index in [1.165, 1.54) is 63.9 Å². The Morgan fingerprint density at radius 3 is 1.92 bits per heavy atom. The van der Waals surface area contributed by atoms with E-state index in [9.17, 15) is 0 Å². The van der Waals surface area contributed by atoms with Gasteiger partial charge in [0.1, 0.15) is 11.2 Å². The van der Waals surface area contributed by atoms with Gasteiger partial charge in [-0.25, -0.2) is 0 Å². The molecule has 6 aromatic carbocycles. The number of rotatable bonds is 2. The van der Waals surface area contributed by atoms with E-state index in [1.54, 1.807) is 0 Å². The molecule has 2 nitrogen and oxygen atoms in total.